The SMILES string of the molecule is CC(C)(C)[Si](C)(C)c1ccc([Si](C)(C)C(C)(C)C)s1. The maximum absolute atomic E-state index is 2.52. The Labute approximate surface area is 126 Å². The lowest BCUT2D eigenvalue weighted by Crippen LogP contribution is -2.50. The molecule has 1 aromatic rings. The Hall–Kier alpha value is 0.134. The minimum atomic E-state index is -1.36. The molecule has 0 nitrogen and oxygen atoms in total. The normalized spacial score (nSPS) is 14.8. The second kappa shape index (κ2) is 4.85. The lowest BCUT2D eigenvalue weighted by atomic mass is 10.2. The Balaban J connectivity index is 3.22. The maximum atomic E-state index is 2.52. The van der Waals surface area contributed by atoms with Crippen molar-refractivity contribution in [2.45, 2.75) is 77.8 Å². The first-order chi connectivity index (χ1) is 8.21. The van der Waals surface area contributed by atoms with Crippen molar-refractivity contribution < 1.29 is 0 Å². The van der Waals surface area contributed by atoms with Gasteiger partial charge < -0.3 is 0 Å². The van der Waals surface area contributed by atoms with Gasteiger partial charge in [-0.15, -0.1) is 0 Å². The Morgan fingerprint density at radius 1 is 0.684 bits per heavy atom. The van der Waals surface area contributed by atoms with Gasteiger partial charge in [-0.3, -0.25) is 0 Å². The first-order valence-corrected chi connectivity index (χ1v) is 14.1. The van der Waals surface area contributed by atoms with E-state index in [1.165, 1.54) is 0 Å². The fraction of sp³-hybridized carbons (Fsp3) is 0.750. The third kappa shape index (κ3) is 3.08. The molecule has 0 aliphatic heterocycles. The van der Waals surface area contributed by atoms with E-state index in [1.54, 1.807) is 9.00 Å². The smallest absolute Gasteiger partial charge is 0.0987 e. The maximum Gasteiger partial charge on any atom is 0.0987 e. The number of thiophene rings is 1. The molecular formula is C16H32SSi2. The Kier molecular flexibility index (Phi) is 4.39. The van der Waals surface area contributed by atoms with Gasteiger partial charge in [0.25, 0.3) is 0 Å². The van der Waals surface area contributed by atoms with Crippen LogP contribution in [0.25, 0.3) is 0 Å². The van der Waals surface area contributed by atoms with Crippen molar-refractivity contribution in [1.29, 1.82) is 0 Å². The minimum Gasteiger partial charge on any atom is -0.155 e. The molecule has 3 heteroatoms. The highest BCUT2D eigenvalue weighted by Gasteiger charge is 2.41. The molecule has 0 aliphatic carbocycles. The number of hydrogen-bond donors (Lipinski definition) is 0. The summed E-state index contributed by atoms with van der Waals surface area (Å²) in [4.78, 5) is 0. The van der Waals surface area contributed by atoms with Gasteiger partial charge in [0.1, 0.15) is 0 Å². The minimum absolute atomic E-state index is 0.433. The highest BCUT2D eigenvalue weighted by atomic mass is 32.1. The molecule has 0 N–H and O–H groups in total. The molecule has 1 aromatic heterocycles. The standard InChI is InChI=1S/C16H32SSi2/c1-15(2,3)18(7,8)13-11-12-14(17-13)19(9,10)16(4,5)6/h11-12H,1-10H3. The van der Waals surface area contributed by atoms with Gasteiger partial charge >= 0.3 is 0 Å². The Bertz CT molecular complexity index is 402. The van der Waals surface area contributed by atoms with E-state index in [1.807, 2.05) is 0 Å². The topological polar surface area (TPSA) is 0 Å². The van der Waals surface area contributed by atoms with Gasteiger partial charge in [0.05, 0.1) is 16.1 Å². The first-order valence-electron chi connectivity index (χ1n) is 7.32. The summed E-state index contributed by atoms with van der Waals surface area (Å²) in [5.74, 6) is 0. The van der Waals surface area contributed by atoms with E-state index in [0.29, 0.717) is 10.1 Å². The van der Waals surface area contributed by atoms with Crippen molar-refractivity contribution in [2.24, 2.45) is 0 Å². The molecule has 0 saturated carbocycles. The second-order valence-electron chi connectivity index (χ2n) is 8.91. The molecule has 0 unspecified atom stereocenters. The van der Waals surface area contributed by atoms with Crippen LogP contribution in [0.5, 0.6) is 0 Å². The largest absolute Gasteiger partial charge is 0.155 e. The van der Waals surface area contributed by atoms with E-state index in [4.69, 9.17) is 0 Å². The zero-order chi connectivity index (χ0) is 15.3. The van der Waals surface area contributed by atoms with Crippen molar-refractivity contribution in [1.82, 2.24) is 0 Å². The lowest BCUT2D eigenvalue weighted by molar-refractivity contribution is 0.730. The van der Waals surface area contributed by atoms with Crippen LogP contribution in [0.3, 0.4) is 0 Å². The molecule has 0 spiro atoms. The van der Waals surface area contributed by atoms with Gasteiger partial charge in [0, 0.05) is 0 Å². The predicted molar refractivity (Wildman–Crippen MR) is 98.0 cm³/mol. The summed E-state index contributed by atoms with van der Waals surface area (Å²) < 4.78 is 3.36. The van der Waals surface area contributed by atoms with Gasteiger partial charge in [-0.1, -0.05) is 79.9 Å². The molecule has 0 bridgehead atoms. The van der Waals surface area contributed by atoms with E-state index in [9.17, 15) is 0 Å². The summed E-state index contributed by atoms with van der Waals surface area (Å²) in [6.07, 6.45) is 0. The van der Waals surface area contributed by atoms with E-state index >= 15 is 0 Å². The Morgan fingerprint density at radius 3 is 1.16 bits per heavy atom. The fourth-order valence-corrected chi connectivity index (χ4v) is 9.58. The molecule has 0 saturated heterocycles. The summed E-state index contributed by atoms with van der Waals surface area (Å²) in [5.41, 5.74) is 0. The van der Waals surface area contributed by atoms with Crippen LogP contribution in [0.2, 0.25) is 36.3 Å². The molecule has 0 amide bonds. The van der Waals surface area contributed by atoms with Gasteiger partial charge in [0.15, 0.2) is 0 Å². The molecule has 0 aliphatic rings. The summed E-state index contributed by atoms with van der Waals surface area (Å²) in [5, 5.41) is 0.866. The quantitative estimate of drug-likeness (QED) is 0.660. The third-order valence-corrected chi connectivity index (χ3v) is 20.3. The van der Waals surface area contributed by atoms with Gasteiger partial charge in [-0.05, 0) is 19.1 Å². The average molecular weight is 313 g/mol. The average Bonchev–Trinajstić information content (AvgIpc) is 2.62. The molecule has 0 aromatic carbocycles. The zero-order valence-corrected chi connectivity index (χ0v) is 17.4. The monoisotopic (exact) mass is 312 g/mol. The van der Waals surface area contributed by atoms with Crippen LogP contribution in [0.4, 0.5) is 0 Å². The molecule has 19 heavy (non-hydrogen) atoms. The molecular weight excluding hydrogens is 280 g/mol. The van der Waals surface area contributed by atoms with Gasteiger partial charge in [-0.2, -0.15) is 11.3 Å². The molecule has 1 rings (SSSR count). The van der Waals surface area contributed by atoms with Crippen molar-refractivity contribution in [3.05, 3.63) is 12.1 Å². The van der Waals surface area contributed by atoms with Crippen LogP contribution in [0, 0.1) is 0 Å². The molecule has 0 radical (unpaired) electrons. The number of hydrogen-bond acceptors (Lipinski definition) is 1. The van der Waals surface area contributed by atoms with Crippen LogP contribution in [-0.2, 0) is 0 Å². The van der Waals surface area contributed by atoms with Crippen LogP contribution in [-0.4, -0.2) is 16.1 Å². The van der Waals surface area contributed by atoms with E-state index < -0.39 is 16.1 Å². The summed E-state index contributed by atoms with van der Waals surface area (Å²) in [6, 6.07) is 4.88. The van der Waals surface area contributed by atoms with Crippen LogP contribution < -0.4 is 9.00 Å². The van der Waals surface area contributed by atoms with E-state index in [2.05, 4.69) is 91.2 Å². The van der Waals surface area contributed by atoms with Crippen LogP contribution in [0.15, 0.2) is 12.1 Å². The van der Waals surface area contributed by atoms with Crippen molar-refractivity contribution in [3.8, 4) is 0 Å². The first kappa shape index (κ1) is 17.2. The summed E-state index contributed by atoms with van der Waals surface area (Å²) in [6.45, 7) is 24.5. The fourth-order valence-electron chi connectivity index (χ4n) is 1.75. The zero-order valence-electron chi connectivity index (χ0n) is 14.6. The number of rotatable bonds is 2. The van der Waals surface area contributed by atoms with E-state index in [0.717, 1.165) is 0 Å². The predicted octanol–water partition coefficient (Wildman–Crippen LogP) is 5.18. The lowest BCUT2D eigenvalue weighted by Gasteiger charge is -2.37. The van der Waals surface area contributed by atoms with Crippen LogP contribution >= 0.6 is 11.3 Å². The molecule has 0 atom stereocenters. The molecule has 1 heterocycles. The van der Waals surface area contributed by atoms with Crippen molar-refractivity contribution in [3.63, 3.8) is 0 Å². The third-order valence-electron chi connectivity index (χ3n) is 5.59. The highest BCUT2D eigenvalue weighted by Crippen LogP contribution is 2.39. The molecule has 0 fully saturated rings. The molecule has 110 valence electrons. The van der Waals surface area contributed by atoms with Crippen LogP contribution in [0.1, 0.15) is 41.5 Å². The van der Waals surface area contributed by atoms with Gasteiger partial charge in [-0.25, -0.2) is 0 Å². The second-order valence-corrected chi connectivity index (χ2v) is 21.3. The Morgan fingerprint density at radius 2 is 0.947 bits per heavy atom. The van der Waals surface area contributed by atoms with Crippen molar-refractivity contribution >= 4 is 36.5 Å². The summed E-state index contributed by atoms with van der Waals surface area (Å²) >= 11 is 2.12. The van der Waals surface area contributed by atoms with E-state index in [-0.39, 0.29) is 0 Å². The highest BCUT2D eigenvalue weighted by molar-refractivity contribution is 7.36. The van der Waals surface area contributed by atoms with Gasteiger partial charge in [0.2, 0.25) is 0 Å². The summed E-state index contributed by atoms with van der Waals surface area (Å²) in [7, 11) is -2.71. The van der Waals surface area contributed by atoms with Crippen molar-refractivity contribution in [2.75, 3.05) is 0 Å².